The Hall–Kier alpha value is -2.77. The number of hydrogen-bond donors (Lipinski definition) is 2. The topological polar surface area (TPSA) is 108 Å². The molecule has 8 nitrogen and oxygen atoms in total. The minimum absolute atomic E-state index is 0.0195. The van der Waals surface area contributed by atoms with Crippen molar-refractivity contribution in [3.63, 3.8) is 0 Å². The SMILES string of the molecule is O=C1NC(=O)C2(CCC(=O)N2c2cccnc2)C(=O)N1. The van der Waals surface area contributed by atoms with Crippen molar-refractivity contribution in [1.29, 1.82) is 0 Å². The monoisotopic (exact) mass is 274 g/mol. The maximum Gasteiger partial charge on any atom is 0.328 e. The van der Waals surface area contributed by atoms with Gasteiger partial charge in [0.1, 0.15) is 0 Å². The van der Waals surface area contributed by atoms with Gasteiger partial charge in [0.2, 0.25) is 11.4 Å². The first-order chi connectivity index (χ1) is 9.55. The fraction of sp³-hybridized carbons (Fsp3) is 0.250. The Labute approximate surface area is 113 Å². The molecule has 20 heavy (non-hydrogen) atoms. The predicted octanol–water partition coefficient (Wildman–Crippen LogP) is -0.687. The summed E-state index contributed by atoms with van der Waals surface area (Å²) in [4.78, 5) is 52.6. The number of barbiturate groups is 1. The number of rotatable bonds is 1. The van der Waals surface area contributed by atoms with E-state index in [4.69, 9.17) is 0 Å². The number of imide groups is 2. The molecule has 5 amide bonds. The highest BCUT2D eigenvalue weighted by Crippen LogP contribution is 2.36. The molecule has 1 aromatic rings. The number of amides is 5. The van der Waals surface area contributed by atoms with Crippen LogP contribution < -0.4 is 15.5 Å². The van der Waals surface area contributed by atoms with Crippen LogP contribution in [0, 0.1) is 0 Å². The number of carbonyl (C=O) groups is 4. The highest BCUT2D eigenvalue weighted by molar-refractivity contribution is 6.28. The molecule has 3 heterocycles. The zero-order valence-electron chi connectivity index (χ0n) is 10.3. The minimum atomic E-state index is -1.71. The summed E-state index contributed by atoms with van der Waals surface area (Å²) in [7, 11) is 0. The average molecular weight is 274 g/mol. The smallest absolute Gasteiger partial charge is 0.287 e. The molecule has 102 valence electrons. The quantitative estimate of drug-likeness (QED) is 0.659. The molecule has 2 N–H and O–H groups in total. The molecule has 0 saturated carbocycles. The lowest BCUT2D eigenvalue weighted by Gasteiger charge is -2.37. The molecular weight excluding hydrogens is 264 g/mol. The van der Waals surface area contributed by atoms with E-state index >= 15 is 0 Å². The van der Waals surface area contributed by atoms with Crippen molar-refractivity contribution in [3.8, 4) is 0 Å². The Morgan fingerprint density at radius 2 is 1.85 bits per heavy atom. The van der Waals surface area contributed by atoms with E-state index in [-0.39, 0.29) is 18.7 Å². The fourth-order valence-corrected chi connectivity index (χ4v) is 2.55. The van der Waals surface area contributed by atoms with Crippen LogP contribution in [-0.4, -0.2) is 34.3 Å². The Kier molecular flexibility index (Phi) is 2.53. The second-order valence-electron chi connectivity index (χ2n) is 4.54. The van der Waals surface area contributed by atoms with Gasteiger partial charge in [-0.2, -0.15) is 0 Å². The van der Waals surface area contributed by atoms with Crippen LogP contribution >= 0.6 is 0 Å². The first-order valence-corrected chi connectivity index (χ1v) is 5.95. The number of anilines is 1. The highest BCUT2D eigenvalue weighted by atomic mass is 16.2. The molecule has 0 bridgehead atoms. The number of pyridine rings is 1. The van der Waals surface area contributed by atoms with Crippen LogP contribution in [-0.2, 0) is 14.4 Å². The summed E-state index contributed by atoms with van der Waals surface area (Å²) in [6, 6.07) is 2.30. The van der Waals surface area contributed by atoms with Crippen molar-refractivity contribution >= 4 is 29.4 Å². The van der Waals surface area contributed by atoms with E-state index in [1.807, 2.05) is 10.6 Å². The van der Waals surface area contributed by atoms with E-state index in [0.717, 1.165) is 4.90 Å². The van der Waals surface area contributed by atoms with Crippen LogP contribution in [0.4, 0.5) is 10.5 Å². The maximum atomic E-state index is 12.2. The summed E-state index contributed by atoms with van der Waals surface area (Å²) >= 11 is 0. The van der Waals surface area contributed by atoms with E-state index in [1.165, 1.54) is 12.4 Å². The van der Waals surface area contributed by atoms with Crippen molar-refractivity contribution in [2.75, 3.05) is 4.90 Å². The van der Waals surface area contributed by atoms with Crippen LogP contribution in [0.25, 0.3) is 0 Å². The molecule has 3 rings (SSSR count). The van der Waals surface area contributed by atoms with Gasteiger partial charge in [0.15, 0.2) is 0 Å². The van der Waals surface area contributed by atoms with Crippen LogP contribution in [0.1, 0.15) is 12.8 Å². The number of nitrogens with one attached hydrogen (secondary N) is 2. The van der Waals surface area contributed by atoms with Gasteiger partial charge in [-0.1, -0.05) is 0 Å². The lowest BCUT2D eigenvalue weighted by molar-refractivity contribution is -0.138. The van der Waals surface area contributed by atoms with E-state index in [1.54, 1.807) is 12.1 Å². The number of urea groups is 1. The molecule has 2 saturated heterocycles. The summed E-state index contributed by atoms with van der Waals surface area (Å²) in [5.74, 6) is -1.94. The normalized spacial score (nSPS) is 21.1. The number of aromatic nitrogens is 1. The summed E-state index contributed by atoms with van der Waals surface area (Å²) in [5, 5.41) is 4.08. The highest BCUT2D eigenvalue weighted by Gasteiger charge is 2.60. The van der Waals surface area contributed by atoms with Crippen molar-refractivity contribution in [1.82, 2.24) is 15.6 Å². The van der Waals surface area contributed by atoms with Gasteiger partial charge in [-0.05, 0) is 18.6 Å². The third kappa shape index (κ3) is 1.51. The fourth-order valence-electron chi connectivity index (χ4n) is 2.55. The molecule has 0 radical (unpaired) electrons. The van der Waals surface area contributed by atoms with Crippen molar-refractivity contribution in [2.24, 2.45) is 0 Å². The van der Waals surface area contributed by atoms with Gasteiger partial charge in [0.05, 0.1) is 11.9 Å². The summed E-state index contributed by atoms with van der Waals surface area (Å²) < 4.78 is 0. The molecule has 0 unspecified atom stereocenters. The molecule has 0 aromatic carbocycles. The minimum Gasteiger partial charge on any atom is -0.287 e. The Balaban J connectivity index is 2.12. The molecule has 0 aliphatic carbocycles. The second-order valence-corrected chi connectivity index (χ2v) is 4.54. The number of carbonyl (C=O) groups excluding carboxylic acids is 4. The standard InChI is InChI=1S/C12H10N4O4/c17-8-3-4-12(9(18)14-11(20)15-10(12)19)16(8)7-2-1-5-13-6-7/h1-2,5-6H,3-4H2,(H2,14,15,18,19,20). The largest absolute Gasteiger partial charge is 0.328 e. The number of nitrogens with zero attached hydrogens (tertiary/aromatic N) is 2. The Morgan fingerprint density at radius 1 is 1.15 bits per heavy atom. The molecule has 8 heteroatoms. The predicted molar refractivity (Wildman–Crippen MR) is 65.4 cm³/mol. The van der Waals surface area contributed by atoms with Gasteiger partial charge in [-0.25, -0.2) is 4.79 Å². The Morgan fingerprint density at radius 3 is 2.45 bits per heavy atom. The third-order valence-corrected chi connectivity index (χ3v) is 3.44. The lowest BCUT2D eigenvalue weighted by atomic mass is 9.92. The lowest BCUT2D eigenvalue weighted by Crippen LogP contribution is -2.72. The number of hydrogen-bond acceptors (Lipinski definition) is 5. The van der Waals surface area contributed by atoms with Crippen LogP contribution in [0.15, 0.2) is 24.5 Å². The molecule has 2 aliphatic heterocycles. The summed E-state index contributed by atoms with van der Waals surface area (Å²) in [6.45, 7) is 0. The van der Waals surface area contributed by atoms with Crippen LogP contribution in [0.2, 0.25) is 0 Å². The van der Waals surface area contributed by atoms with Gasteiger partial charge in [-0.15, -0.1) is 0 Å². The third-order valence-electron chi connectivity index (χ3n) is 3.44. The van der Waals surface area contributed by atoms with Gasteiger partial charge >= 0.3 is 6.03 Å². The second kappa shape index (κ2) is 4.12. The van der Waals surface area contributed by atoms with Crippen molar-refractivity contribution in [3.05, 3.63) is 24.5 Å². The molecule has 0 atom stereocenters. The Bertz CT molecular complexity index is 608. The van der Waals surface area contributed by atoms with Gasteiger partial charge in [-0.3, -0.25) is 34.9 Å². The van der Waals surface area contributed by atoms with Gasteiger partial charge < -0.3 is 0 Å². The first-order valence-electron chi connectivity index (χ1n) is 5.95. The molecule has 1 aromatic heterocycles. The van der Waals surface area contributed by atoms with Crippen LogP contribution in [0.3, 0.4) is 0 Å². The van der Waals surface area contributed by atoms with E-state index in [0.29, 0.717) is 5.69 Å². The molecule has 2 aliphatic rings. The van der Waals surface area contributed by atoms with E-state index < -0.39 is 23.4 Å². The van der Waals surface area contributed by atoms with Crippen LogP contribution in [0.5, 0.6) is 0 Å². The molecular formula is C12H10N4O4. The van der Waals surface area contributed by atoms with Gasteiger partial charge in [0.25, 0.3) is 11.8 Å². The average Bonchev–Trinajstić information content (AvgIpc) is 2.76. The summed E-state index contributed by atoms with van der Waals surface area (Å²) in [6.07, 6.45) is 2.97. The summed E-state index contributed by atoms with van der Waals surface area (Å²) in [5.41, 5.74) is -1.37. The van der Waals surface area contributed by atoms with Crippen molar-refractivity contribution < 1.29 is 19.2 Å². The zero-order chi connectivity index (χ0) is 14.3. The van der Waals surface area contributed by atoms with Gasteiger partial charge in [0, 0.05) is 12.6 Å². The maximum absolute atomic E-state index is 12.2. The van der Waals surface area contributed by atoms with E-state index in [9.17, 15) is 19.2 Å². The molecule has 2 fully saturated rings. The first kappa shape index (κ1) is 12.3. The zero-order valence-corrected chi connectivity index (χ0v) is 10.3. The van der Waals surface area contributed by atoms with Crippen molar-refractivity contribution in [2.45, 2.75) is 18.4 Å². The molecule has 1 spiro atoms. The van der Waals surface area contributed by atoms with E-state index in [2.05, 4.69) is 4.98 Å².